The second kappa shape index (κ2) is 5.36. The predicted octanol–water partition coefficient (Wildman–Crippen LogP) is 0.265. The van der Waals surface area contributed by atoms with Gasteiger partial charge in [-0.05, 0) is 0 Å². The topological polar surface area (TPSA) is 154 Å². The number of aromatic amines is 1. The van der Waals surface area contributed by atoms with E-state index in [2.05, 4.69) is 20.1 Å². The van der Waals surface area contributed by atoms with Crippen LogP contribution in [0.5, 0.6) is 0 Å². The molecule has 0 saturated carbocycles. The average molecular weight is 291 g/mol. The molecule has 21 heavy (non-hydrogen) atoms. The summed E-state index contributed by atoms with van der Waals surface area (Å²) in [5.41, 5.74) is 4.06. The van der Waals surface area contributed by atoms with Crippen molar-refractivity contribution in [2.24, 2.45) is 5.73 Å². The molecule has 0 bridgehead atoms. The van der Waals surface area contributed by atoms with Gasteiger partial charge in [0.15, 0.2) is 5.69 Å². The molecule has 108 valence electrons. The van der Waals surface area contributed by atoms with E-state index in [1.165, 1.54) is 12.1 Å². The monoisotopic (exact) mass is 291 g/mol. The molecule has 10 nitrogen and oxygen atoms in total. The maximum absolute atomic E-state index is 11.8. The molecule has 1 aromatic carbocycles. The van der Waals surface area contributed by atoms with Crippen molar-refractivity contribution in [3.05, 3.63) is 39.6 Å². The number of H-pyrrole nitrogens is 1. The Hall–Kier alpha value is -3.30. The van der Waals surface area contributed by atoms with Crippen molar-refractivity contribution in [1.29, 1.82) is 0 Å². The lowest BCUT2D eigenvalue weighted by Crippen LogP contribution is -2.14. The molecule has 0 spiro atoms. The molecule has 0 atom stereocenters. The third kappa shape index (κ3) is 2.41. The van der Waals surface area contributed by atoms with Crippen LogP contribution in [0.25, 0.3) is 11.3 Å². The van der Waals surface area contributed by atoms with E-state index >= 15 is 0 Å². The largest absolute Gasteiger partial charge is 0.465 e. The summed E-state index contributed by atoms with van der Waals surface area (Å²) in [6.45, 7) is 0. The fraction of sp³-hybridized carbons (Fsp3) is 0.0909. The lowest BCUT2D eigenvalue weighted by molar-refractivity contribution is -0.385. The number of nitrogens with zero attached hydrogens (tertiary/aromatic N) is 3. The molecule has 0 aliphatic rings. The molecule has 1 amide bonds. The van der Waals surface area contributed by atoms with Crippen molar-refractivity contribution < 1.29 is 19.2 Å². The van der Waals surface area contributed by atoms with Crippen LogP contribution in [0, 0.1) is 10.1 Å². The van der Waals surface area contributed by atoms with Crippen LogP contribution in [0.1, 0.15) is 20.8 Å². The lowest BCUT2D eigenvalue weighted by Gasteiger charge is -2.06. The van der Waals surface area contributed by atoms with Crippen LogP contribution < -0.4 is 5.73 Å². The molecule has 2 rings (SSSR count). The molecule has 1 heterocycles. The van der Waals surface area contributed by atoms with Gasteiger partial charge in [-0.2, -0.15) is 15.4 Å². The molecule has 0 saturated heterocycles. The minimum absolute atomic E-state index is 0.0265. The van der Waals surface area contributed by atoms with E-state index in [4.69, 9.17) is 5.73 Å². The summed E-state index contributed by atoms with van der Waals surface area (Å²) in [6.07, 6.45) is 0. The van der Waals surface area contributed by atoms with Crippen LogP contribution in [0.15, 0.2) is 18.2 Å². The standard InChI is InChI=1S/C11H9N5O5/c1-21-11(18)7-5(3-2-4-6(7)16(19)20)8-9(10(12)17)14-15-13-8/h2-4H,1H3,(H2,12,17)(H,13,14,15). The Labute approximate surface area is 117 Å². The second-order valence-corrected chi connectivity index (χ2v) is 3.83. The number of primary amides is 1. The highest BCUT2D eigenvalue weighted by atomic mass is 16.6. The number of nitro benzene ring substituents is 1. The van der Waals surface area contributed by atoms with Crippen LogP contribution in [0.4, 0.5) is 5.69 Å². The fourth-order valence-electron chi connectivity index (χ4n) is 1.80. The third-order valence-electron chi connectivity index (χ3n) is 2.67. The molecule has 0 radical (unpaired) electrons. The van der Waals surface area contributed by atoms with Crippen molar-refractivity contribution >= 4 is 17.6 Å². The van der Waals surface area contributed by atoms with Crippen molar-refractivity contribution in [2.75, 3.05) is 7.11 Å². The van der Waals surface area contributed by atoms with Gasteiger partial charge in [-0.3, -0.25) is 14.9 Å². The quantitative estimate of drug-likeness (QED) is 0.465. The number of esters is 1. The van der Waals surface area contributed by atoms with Gasteiger partial charge in [0.05, 0.1) is 12.0 Å². The third-order valence-corrected chi connectivity index (χ3v) is 2.67. The number of amides is 1. The van der Waals surface area contributed by atoms with Gasteiger partial charge < -0.3 is 10.5 Å². The Balaban J connectivity index is 2.77. The number of nitro groups is 1. The highest BCUT2D eigenvalue weighted by Crippen LogP contribution is 2.31. The van der Waals surface area contributed by atoms with Crippen molar-refractivity contribution in [3.8, 4) is 11.3 Å². The van der Waals surface area contributed by atoms with Gasteiger partial charge >= 0.3 is 5.97 Å². The molecular weight excluding hydrogens is 282 g/mol. The number of methoxy groups -OCH3 is 1. The number of carbonyl (C=O) groups excluding carboxylic acids is 2. The molecule has 0 unspecified atom stereocenters. The van der Waals surface area contributed by atoms with Gasteiger partial charge in [0.1, 0.15) is 11.3 Å². The number of nitrogens with two attached hydrogens (primary N) is 1. The molecule has 3 N–H and O–H groups in total. The number of benzene rings is 1. The first-order chi connectivity index (χ1) is 9.97. The van der Waals surface area contributed by atoms with Gasteiger partial charge in [0.2, 0.25) is 0 Å². The van der Waals surface area contributed by atoms with E-state index in [0.717, 1.165) is 13.2 Å². The normalized spacial score (nSPS) is 10.1. The number of hydrogen-bond donors (Lipinski definition) is 2. The summed E-state index contributed by atoms with van der Waals surface area (Å²) in [5, 5.41) is 20.5. The Morgan fingerprint density at radius 1 is 1.38 bits per heavy atom. The van der Waals surface area contributed by atoms with E-state index in [-0.39, 0.29) is 22.5 Å². The molecule has 0 fully saturated rings. The van der Waals surface area contributed by atoms with Gasteiger partial charge in [-0.15, -0.1) is 0 Å². The Bertz CT molecular complexity index is 738. The summed E-state index contributed by atoms with van der Waals surface area (Å²) in [6, 6.07) is 3.86. The highest BCUT2D eigenvalue weighted by Gasteiger charge is 2.28. The molecular formula is C11H9N5O5. The maximum Gasteiger partial charge on any atom is 0.345 e. The number of rotatable bonds is 4. The summed E-state index contributed by atoms with van der Waals surface area (Å²) in [5.74, 6) is -1.82. The minimum atomic E-state index is -0.935. The second-order valence-electron chi connectivity index (χ2n) is 3.83. The summed E-state index contributed by atoms with van der Waals surface area (Å²) < 4.78 is 4.55. The van der Waals surface area contributed by atoms with Crippen LogP contribution in [-0.2, 0) is 4.74 Å². The van der Waals surface area contributed by atoms with Crippen LogP contribution in [-0.4, -0.2) is 39.3 Å². The predicted molar refractivity (Wildman–Crippen MR) is 68.3 cm³/mol. The van der Waals surface area contributed by atoms with Gasteiger partial charge in [-0.25, -0.2) is 4.79 Å². The van der Waals surface area contributed by atoms with Crippen LogP contribution >= 0.6 is 0 Å². The zero-order valence-corrected chi connectivity index (χ0v) is 10.7. The summed E-state index contributed by atoms with van der Waals surface area (Å²) in [7, 11) is 1.08. The van der Waals surface area contributed by atoms with Gasteiger partial charge in [-0.1, -0.05) is 12.1 Å². The smallest absolute Gasteiger partial charge is 0.345 e. The van der Waals surface area contributed by atoms with E-state index in [1.807, 2.05) is 0 Å². The molecule has 2 aromatic rings. The fourth-order valence-corrected chi connectivity index (χ4v) is 1.80. The minimum Gasteiger partial charge on any atom is -0.465 e. The number of aromatic nitrogens is 3. The zero-order valence-electron chi connectivity index (χ0n) is 10.7. The first kappa shape index (κ1) is 14.1. The number of ether oxygens (including phenoxy) is 1. The Morgan fingerprint density at radius 2 is 2.10 bits per heavy atom. The van der Waals surface area contributed by atoms with Crippen LogP contribution in [0.2, 0.25) is 0 Å². The first-order valence-electron chi connectivity index (χ1n) is 5.54. The van der Waals surface area contributed by atoms with E-state index in [9.17, 15) is 19.7 Å². The lowest BCUT2D eigenvalue weighted by atomic mass is 10.0. The maximum atomic E-state index is 11.8. The number of carbonyl (C=O) groups is 2. The van der Waals surface area contributed by atoms with E-state index in [1.54, 1.807) is 0 Å². The number of nitrogens with one attached hydrogen (secondary N) is 1. The van der Waals surface area contributed by atoms with Gasteiger partial charge in [0.25, 0.3) is 11.6 Å². The molecule has 10 heteroatoms. The number of hydrogen-bond acceptors (Lipinski definition) is 7. The van der Waals surface area contributed by atoms with Crippen LogP contribution in [0.3, 0.4) is 0 Å². The molecule has 0 aliphatic heterocycles. The van der Waals surface area contributed by atoms with E-state index in [0.29, 0.717) is 0 Å². The molecule has 0 aliphatic carbocycles. The van der Waals surface area contributed by atoms with Crippen molar-refractivity contribution in [1.82, 2.24) is 15.4 Å². The van der Waals surface area contributed by atoms with Gasteiger partial charge in [0, 0.05) is 11.6 Å². The Kier molecular flexibility index (Phi) is 3.61. The zero-order chi connectivity index (χ0) is 15.6. The van der Waals surface area contributed by atoms with Crippen molar-refractivity contribution in [2.45, 2.75) is 0 Å². The molecule has 1 aromatic heterocycles. The highest BCUT2D eigenvalue weighted by molar-refractivity contribution is 6.04. The van der Waals surface area contributed by atoms with Crippen molar-refractivity contribution in [3.63, 3.8) is 0 Å². The Morgan fingerprint density at radius 3 is 2.67 bits per heavy atom. The van der Waals surface area contributed by atoms with E-state index < -0.39 is 22.5 Å². The average Bonchev–Trinajstić information content (AvgIpc) is 2.95. The SMILES string of the molecule is COC(=O)c1c(-c2n[nH]nc2C(N)=O)cccc1[N+](=O)[O-]. The first-order valence-corrected chi connectivity index (χ1v) is 5.54. The summed E-state index contributed by atoms with van der Waals surface area (Å²) in [4.78, 5) is 33.4. The summed E-state index contributed by atoms with van der Waals surface area (Å²) >= 11 is 0.